The Balaban J connectivity index is 1.95. The minimum atomic E-state index is -4.83. The van der Waals surface area contributed by atoms with Crippen LogP contribution in [0.1, 0.15) is 21.6 Å². The molecule has 1 N–H and O–H groups in total. The van der Waals surface area contributed by atoms with Crippen LogP contribution in [-0.4, -0.2) is 15.5 Å². The highest BCUT2D eigenvalue weighted by Crippen LogP contribution is 2.40. The van der Waals surface area contributed by atoms with E-state index in [2.05, 4.69) is 14.9 Å². The molecular formula is C17H9F6N3OS. The molecule has 28 heavy (non-hydrogen) atoms. The van der Waals surface area contributed by atoms with Crippen LogP contribution in [0.3, 0.4) is 0 Å². The van der Waals surface area contributed by atoms with Crippen molar-refractivity contribution >= 4 is 23.1 Å². The molecule has 11 heteroatoms. The molecule has 0 aliphatic carbocycles. The number of nitrogens with one attached hydrogen (secondary N) is 1. The molecule has 0 bridgehead atoms. The number of hydrogen-bond acceptors (Lipinski definition) is 4. The lowest BCUT2D eigenvalue weighted by Gasteiger charge is -2.16. The van der Waals surface area contributed by atoms with Gasteiger partial charge in [-0.15, -0.1) is 5.10 Å². The summed E-state index contributed by atoms with van der Waals surface area (Å²) in [6, 6.07) is 6.21. The average molecular weight is 417 g/mol. The molecule has 1 aromatic heterocycles. The van der Waals surface area contributed by atoms with Crippen molar-refractivity contribution in [3.8, 4) is 11.1 Å². The Morgan fingerprint density at radius 1 is 0.929 bits per heavy atom. The number of amides is 1. The van der Waals surface area contributed by atoms with Gasteiger partial charge in [-0.2, -0.15) is 26.3 Å². The summed E-state index contributed by atoms with van der Waals surface area (Å²) in [6.45, 7) is 0. The second-order valence-electron chi connectivity index (χ2n) is 5.58. The van der Waals surface area contributed by atoms with Gasteiger partial charge in [-0.1, -0.05) is 16.6 Å². The number of carbonyl (C=O) groups is 1. The third-order valence-corrected chi connectivity index (χ3v) is 4.20. The Hall–Kier alpha value is -2.95. The first-order valence-corrected chi connectivity index (χ1v) is 8.36. The molecule has 2 aromatic carbocycles. The zero-order chi connectivity index (χ0) is 20.5. The van der Waals surface area contributed by atoms with Crippen LogP contribution in [0.5, 0.6) is 0 Å². The van der Waals surface area contributed by atoms with Gasteiger partial charge < -0.3 is 5.32 Å². The standard InChI is InChI=1S/C17H9F6N3OS/c18-16(19,20)10-3-6-13(17(21,22)23)12(7-10)9-1-4-11(5-2-9)24-15(27)14-8-28-26-25-14/h1-8H,(H,24,27). The molecule has 4 nitrogen and oxygen atoms in total. The first kappa shape index (κ1) is 19.8. The van der Waals surface area contributed by atoms with Gasteiger partial charge in [0.2, 0.25) is 0 Å². The predicted octanol–water partition coefficient (Wildman–Crippen LogP) is 5.50. The van der Waals surface area contributed by atoms with E-state index in [4.69, 9.17) is 0 Å². The second kappa shape index (κ2) is 7.23. The molecule has 1 amide bonds. The second-order valence-corrected chi connectivity index (χ2v) is 6.19. The monoisotopic (exact) mass is 417 g/mol. The molecule has 0 unspecified atom stereocenters. The number of carbonyl (C=O) groups excluding carboxylic acids is 1. The Morgan fingerprint density at radius 3 is 2.14 bits per heavy atom. The molecule has 3 aromatic rings. The number of anilines is 1. The van der Waals surface area contributed by atoms with Crippen molar-refractivity contribution in [1.29, 1.82) is 0 Å². The van der Waals surface area contributed by atoms with E-state index in [1.807, 2.05) is 0 Å². The van der Waals surface area contributed by atoms with Crippen LogP contribution < -0.4 is 5.32 Å². The molecule has 0 aliphatic rings. The van der Waals surface area contributed by atoms with Gasteiger partial charge in [0.25, 0.3) is 5.91 Å². The van der Waals surface area contributed by atoms with E-state index in [-0.39, 0.29) is 16.9 Å². The van der Waals surface area contributed by atoms with Crippen LogP contribution in [0, 0.1) is 0 Å². The molecule has 0 saturated carbocycles. The van der Waals surface area contributed by atoms with Gasteiger partial charge in [0.1, 0.15) is 0 Å². The molecule has 0 saturated heterocycles. The highest BCUT2D eigenvalue weighted by molar-refractivity contribution is 7.03. The molecule has 3 rings (SSSR count). The molecule has 0 radical (unpaired) electrons. The van der Waals surface area contributed by atoms with Crippen LogP contribution >= 0.6 is 11.5 Å². The predicted molar refractivity (Wildman–Crippen MR) is 89.7 cm³/mol. The summed E-state index contributed by atoms with van der Waals surface area (Å²) in [5.74, 6) is -0.573. The maximum absolute atomic E-state index is 13.2. The fourth-order valence-electron chi connectivity index (χ4n) is 2.40. The maximum atomic E-state index is 13.2. The summed E-state index contributed by atoms with van der Waals surface area (Å²) in [4.78, 5) is 11.9. The van der Waals surface area contributed by atoms with E-state index in [0.717, 1.165) is 11.5 Å². The third-order valence-electron chi connectivity index (χ3n) is 3.70. The van der Waals surface area contributed by atoms with Gasteiger partial charge in [-0.25, -0.2) is 0 Å². The van der Waals surface area contributed by atoms with Crippen LogP contribution in [0.15, 0.2) is 47.8 Å². The van der Waals surface area contributed by atoms with Gasteiger partial charge in [-0.3, -0.25) is 4.79 Å². The Bertz CT molecular complexity index is 982. The number of halogens is 6. The molecule has 0 aliphatic heterocycles. The largest absolute Gasteiger partial charge is 0.417 e. The number of hydrogen-bond donors (Lipinski definition) is 1. The summed E-state index contributed by atoms with van der Waals surface area (Å²) in [5, 5.41) is 7.44. The van der Waals surface area contributed by atoms with E-state index in [9.17, 15) is 31.1 Å². The fourth-order valence-corrected chi connectivity index (χ4v) is 2.83. The lowest BCUT2D eigenvalue weighted by Crippen LogP contribution is -2.12. The topological polar surface area (TPSA) is 54.9 Å². The van der Waals surface area contributed by atoms with Gasteiger partial charge in [0.05, 0.1) is 11.1 Å². The molecule has 0 fully saturated rings. The van der Waals surface area contributed by atoms with Crippen molar-refractivity contribution in [2.75, 3.05) is 5.32 Å². The number of aromatic nitrogens is 2. The lowest BCUT2D eigenvalue weighted by atomic mass is 9.96. The number of nitrogens with zero attached hydrogens (tertiary/aromatic N) is 2. The summed E-state index contributed by atoms with van der Waals surface area (Å²) in [6.07, 6.45) is -9.61. The summed E-state index contributed by atoms with van der Waals surface area (Å²) < 4.78 is 81.9. The highest BCUT2D eigenvalue weighted by Gasteiger charge is 2.37. The van der Waals surface area contributed by atoms with E-state index in [0.29, 0.717) is 18.2 Å². The SMILES string of the molecule is O=C(Nc1ccc(-c2cc(C(F)(F)F)ccc2C(F)(F)F)cc1)c1csnn1. The molecule has 1 heterocycles. The Kier molecular flexibility index (Phi) is 5.11. The van der Waals surface area contributed by atoms with E-state index in [1.54, 1.807) is 0 Å². The Morgan fingerprint density at radius 2 is 1.61 bits per heavy atom. The third kappa shape index (κ3) is 4.30. The number of rotatable bonds is 3. The van der Waals surface area contributed by atoms with Gasteiger partial charge in [0, 0.05) is 11.1 Å². The zero-order valence-electron chi connectivity index (χ0n) is 13.6. The summed E-state index contributed by atoms with van der Waals surface area (Å²) in [7, 11) is 0. The van der Waals surface area contributed by atoms with E-state index in [1.165, 1.54) is 29.6 Å². The van der Waals surface area contributed by atoms with E-state index < -0.39 is 35.0 Å². The van der Waals surface area contributed by atoms with Crippen LogP contribution in [0.25, 0.3) is 11.1 Å². The zero-order valence-corrected chi connectivity index (χ0v) is 14.4. The van der Waals surface area contributed by atoms with Crippen molar-refractivity contribution in [3.05, 3.63) is 64.7 Å². The maximum Gasteiger partial charge on any atom is 0.417 e. The van der Waals surface area contributed by atoms with E-state index >= 15 is 0 Å². The average Bonchev–Trinajstić information content (AvgIpc) is 3.15. The van der Waals surface area contributed by atoms with Crippen LogP contribution in [0.4, 0.5) is 32.0 Å². The van der Waals surface area contributed by atoms with Crippen molar-refractivity contribution in [1.82, 2.24) is 9.59 Å². The Labute approximate surface area is 158 Å². The fraction of sp³-hybridized carbons (Fsp3) is 0.118. The molecular weight excluding hydrogens is 408 g/mol. The molecule has 0 spiro atoms. The number of alkyl halides is 6. The van der Waals surface area contributed by atoms with Crippen molar-refractivity contribution < 1.29 is 31.1 Å². The first-order chi connectivity index (χ1) is 13.1. The van der Waals surface area contributed by atoms with Gasteiger partial charge in [0.15, 0.2) is 5.69 Å². The van der Waals surface area contributed by atoms with Crippen molar-refractivity contribution in [2.24, 2.45) is 0 Å². The van der Waals surface area contributed by atoms with Crippen LogP contribution in [-0.2, 0) is 12.4 Å². The quantitative estimate of drug-likeness (QED) is 0.573. The number of benzene rings is 2. The normalized spacial score (nSPS) is 12.1. The summed E-state index contributed by atoms with van der Waals surface area (Å²) >= 11 is 0.965. The highest BCUT2D eigenvalue weighted by atomic mass is 32.1. The van der Waals surface area contributed by atoms with Crippen LogP contribution in [0.2, 0.25) is 0 Å². The smallest absolute Gasteiger partial charge is 0.321 e. The van der Waals surface area contributed by atoms with Gasteiger partial charge in [-0.05, 0) is 53.0 Å². The minimum Gasteiger partial charge on any atom is -0.321 e. The van der Waals surface area contributed by atoms with Crippen molar-refractivity contribution in [3.63, 3.8) is 0 Å². The van der Waals surface area contributed by atoms with Crippen molar-refractivity contribution in [2.45, 2.75) is 12.4 Å². The summed E-state index contributed by atoms with van der Waals surface area (Å²) in [5.41, 5.74) is -2.76. The van der Waals surface area contributed by atoms with Gasteiger partial charge >= 0.3 is 12.4 Å². The first-order valence-electron chi connectivity index (χ1n) is 7.53. The minimum absolute atomic E-state index is 0.0614. The molecule has 146 valence electrons. The lowest BCUT2D eigenvalue weighted by molar-refractivity contribution is -0.141. The molecule has 0 atom stereocenters.